The Morgan fingerprint density at radius 2 is 2.21 bits per heavy atom. The molecule has 0 radical (unpaired) electrons. The van der Waals surface area contributed by atoms with E-state index >= 15 is 0 Å². The first-order chi connectivity index (χ1) is 11.3. The van der Waals surface area contributed by atoms with Crippen molar-refractivity contribution >= 4 is 33.2 Å². The van der Waals surface area contributed by atoms with Crippen LogP contribution in [-0.2, 0) is 19.6 Å². The molecular weight excluding hydrogens is 352 g/mol. The van der Waals surface area contributed by atoms with Crippen molar-refractivity contribution in [3.8, 4) is 0 Å². The predicted octanol–water partition coefficient (Wildman–Crippen LogP) is 2.42. The van der Waals surface area contributed by atoms with E-state index in [9.17, 15) is 13.2 Å². The van der Waals surface area contributed by atoms with Crippen molar-refractivity contribution in [3.05, 3.63) is 28.8 Å². The summed E-state index contributed by atoms with van der Waals surface area (Å²) in [6.07, 6.45) is 2.93. The second-order valence-electron chi connectivity index (χ2n) is 5.97. The van der Waals surface area contributed by atoms with E-state index in [0.717, 1.165) is 24.7 Å². The quantitative estimate of drug-likeness (QED) is 0.795. The fourth-order valence-electron chi connectivity index (χ4n) is 2.59. The molecule has 6 nitrogen and oxygen atoms in total. The van der Waals surface area contributed by atoms with E-state index < -0.39 is 10.0 Å². The van der Waals surface area contributed by atoms with Crippen molar-refractivity contribution < 1.29 is 17.9 Å². The van der Waals surface area contributed by atoms with Crippen LogP contribution in [0.1, 0.15) is 24.8 Å². The van der Waals surface area contributed by atoms with Crippen LogP contribution >= 0.6 is 11.6 Å². The topological polar surface area (TPSA) is 75.7 Å². The molecule has 1 aromatic carbocycles. The first-order valence-corrected chi connectivity index (χ1v) is 10.1. The number of rotatable bonds is 7. The Bertz CT molecular complexity index is 687. The third-order valence-corrected chi connectivity index (χ3v) is 5.71. The summed E-state index contributed by atoms with van der Waals surface area (Å²) in [4.78, 5) is 12.1. The Balaban J connectivity index is 1.93. The average Bonchev–Trinajstić information content (AvgIpc) is 3.00. The minimum atomic E-state index is -3.38. The number of carbonyl (C=O) groups excluding carboxylic acids is 1. The highest BCUT2D eigenvalue weighted by molar-refractivity contribution is 7.88. The minimum absolute atomic E-state index is 0.0751. The van der Waals surface area contributed by atoms with Crippen molar-refractivity contribution in [2.24, 2.45) is 0 Å². The van der Waals surface area contributed by atoms with Gasteiger partial charge in [-0.15, -0.1) is 0 Å². The van der Waals surface area contributed by atoms with Crippen molar-refractivity contribution in [2.75, 3.05) is 31.3 Å². The zero-order valence-electron chi connectivity index (χ0n) is 13.9. The number of carbonyl (C=O) groups is 1. The van der Waals surface area contributed by atoms with Crippen LogP contribution in [-0.4, -0.2) is 50.7 Å². The van der Waals surface area contributed by atoms with Gasteiger partial charge in [-0.05, 0) is 37.5 Å². The standard InChI is InChI=1S/C16H23ClN2O4S/c1-12-14(17)6-3-7-15(12)18-16(20)8-9-19(24(2,21)22)11-13-5-4-10-23-13/h3,6-7,13H,4-5,8-11H2,1-2H3,(H,18,20). The van der Waals surface area contributed by atoms with Gasteiger partial charge >= 0.3 is 0 Å². The van der Waals surface area contributed by atoms with Gasteiger partial charge < -0.3 is 10.1 Å². The zero-order chi connectivity index (χ0) is 17.7. The molecule has 0 aromatic heterocycles. The van der Waals surface area contributed by atoms with Crippen LogP contribution in [0.15, 0.2) is 18.2 Å². The van der Waals surface area contributed by atoms with Gasteiger partial charge in [0.1, 0.15) is 0 Å². The van der Waals surface area contributed by atoms with Crippen LogP contribution in [0.25, 0.3) is 0 Å². The summed E-state index contributed by atoms with van der Waals surface area (Å²) >= 11 is 6.03. The molecule has 1 heterocycles. The van der Waals surface area contributed by atoms with Crippen molar-refractivity contribution in [2.45, 2.75) is 32.3 Å². The normalized spacial score (nSPS) is 18.1. The largest absolute Gasteiger partial charge is 0.377 e. The van der Waals surface area contributed by atoms with Gasteiger partial charge in [0.05, 0.1) is 12.4 Å². The van der Waals surface area contributed by atoms with E-state index in [2.05, 4.69) is 5.32 Å². The molecule has 0 aliphatic carbocycles. The molecule has 1 aromatic rings. The smallest absolute Gasteiger partial charge is 0.225 e. The first kappa shape index (κ1) is 19.2. The number of nitrogens with zero attached hydrogens (tertiary/aromatic N) is 1. The van der Waals surface area contributed by atoms with Gasteiger partial charge in [0.15, 0.2) is 0 Å². The number of amides is 1. The molecule has 1 aliphatic rings. The molecule has 134 valence electrons. The summed E-state index contributed by atoms with van der Waals surface area (Å²) in [5.74, 6) is -0.249. The minimum Gasteiger partial charge on any atom is -0.377 e. The molecule has 0 bridgehead atoms. The summed E-state index contributed by atoms with van der Waals surface area (Å²) in [5.41, 5.74) is 1.42. The van der Waals surface area contributed by atoms with Gasteiger partial charge in [0, 0.05) is 36.8 Å². The average molecular weight is 375 g/mol. The SMILES string of the molecule is Cc1c(Cl)cccc1NC(=O)CCN(CC1CCCO1)S(C)(=O)=O. The summed E-state index contributed by atoms with van der Waals surface area (Å²) < 4.78 is 30.6. The van der Waals surface area contributed by atoms with Gasteiger partial charge in [-0.2, -0.15) is 4.31 Å². The van der Waals surface area contributed by atoms with Gasteiger partial charge in [0.25, 0.3) is 0 Å². The number of benzene rings is 1. The molecule has 0 spiro atoms. The van der Waals surface area contributed by atoms with E-state index in [1.165, 1.54) is 4.31 Å². The third kappa shape index (κ3) is 5.44. The van der Waals surface area contributed by atoms with E-state index in [4.69, 9.17) is 16.3 Å². The molecule has 1 aliphatic heterocycles. The fourth-order valence-corrected chi connectivity index (χ4v) is 3.62. The van der Waals surface area contributed by atoms with E-state index in [1.807, 2.05) is 6.92 Å². The maximum Gasteiger partial charge on any atom is 0.225 e. The Labute approximate surface area is 148 Å². The van der Waals surface area contributed by atoms with Crippen molar-refractivity contribution in [1.82, 2.24) is 4.31 Å². The Morgan fingerprint density at radius 1 is 1.46 bits per heavy atom. The first-order valence-electron chi connectivity index (χ1n) is 7.89. The second-order valence-corrected chi connectivity index (χ2v) is 8.36. The molecule has 8 heteroatoms. The van der Waals surface area contributed by atoms with Crippen LogP contribution in [0.4, 0.5) is 5.69 Å². The lowest BCUT2D eigenvalue weighted by Crippen LogP contribution is -2.38. The van der Waals surface area contributed by atoms with Crippen LogP contribution in [0, 0.1) is 6.92 Å². The lowest BCUT2D eigenvalue weighted by atomic mass is 10.2. The zero-order valence-corrected chi connectivity index (χ0v) is 15.5. The molecule has 1 amide bonds. The molecule has 1 unspecified atom stereocenters. The number of ether oxygens (including phenoxy) is 1. The van der Waals surface area contributed by atoms with Gasteiger partial charge in [0.2, 0.25) is 15.9 Å². The fraction of sp³-hybridized carbons (Fsp3) is 0.562. The van der Waals surface area contributed by atoms with Gasteiger partial charge in [-0.25, -0.2) is 8.42 Å². The number of anilines is 1. The molecule has 1 atom stereocenters. The van der Waals surface area contributed by atoms with Crippen LogP contribution in [0.3, 0.4) is 0 Å². The summed E-state index contributed by atoms with van der Waals surface area (Å²) in [6.45, 7) is 2.90. The summed E-state index contributed by atoms with van der Waals surface area (Å²) in [7, 11) is -3.38. The number of sulfonamides is 1. The Hall–Kier alpha value is -1.15. The highest BCUT2D eigenvalue weighted by Gasteiger charge is 2.25. The predicted molar refractivity (Wildman–Crippen MR) is 94.8 cm³/mol. The third-order valence-electron chi connectivity index (χ3n) is 4.03. The molecule has 1 fully saturated rings. The highest BCUT2D eigenvalue weighted by atomic mass is 35.5. The van der Waals surface area contributed by atoms with Crippen molar-refractivity contribution in [3.63, 3.8) is 0 Å². The highest BCUT2D eigenvalue weighted by Crippen LogP contribution is 2.23. The number of hydrogen-bond donors (Lipinski definition) is 1. The molecule has 0 saturated carbocycles. The molecular formula is C16H23ClN2O4S. The molecule has 2 rings (SSSR count). The van der Waals surface area contributed by atoms with Crippen LogP contribution in [0.2, 0.25) is 5.02 Å². The lowest BCUT2D eigenvalue weighted by Gasteiger charge is -2.22. The monoisotopic (exact) mass is 374 g/mol. The Kier molecular flexibility index (Phi) is 6.62. The molecule has 1 saturated heterocycles. The number of hydrogen-bond acceptors (Lipinski definition) is 4. The molecule has 1 N–H and O–H groups in total. The van der Waals surface area contributed by atoms with Gasteiger partial charge in [-0.1, -0.05) is 17.7 Å². The number of nitrogens with one attached hydrogen (secondary N) is 1. The van der Waals surface area contributed by atoms with E-state index in [1.54, 1.807) is 18.2 Å². The summed E-state index contributed by atoms with van der Waals surface area (Å²) in [5, 5.41) is 3.35. The maximum atomic E-state index is 12.1. The lowest BCUT2D eigenvalue weighted by molar-refractivity contribution is -0.116. The second kappa shape index (κ2) is 8.29. The maximum absolute atomic E-state index is 12.1. The Morgan fingerprint density at radius 3 is 2.83 bits per heavy atom. The molecule has 24 heavy (non-hydrogen) atoms. The van der Waals surface area contributed by atoms with Crippen LogP contribution < -0.4 is 5.32 Å². The van der Waals surface area contributed by atoms with E-state index in [-0.39, 0.29) is 25.0 Å². The van der Waals surface area contributed by atoms with E-state index in [0.29, 0.717) is 23.9 Å². The van der Waals surface area contributed by atoms with Crippen molar-refractivity contribution in [1.29, 1.82) is 0 Å². The number of halogens is 1. The van der Waals surface area contributed by atoms with Gasteiger partial charge in [-0.3, -0.25) is 4.79 Å². The summed E-state index contributed by atoms with van der Waals surface area (Å²) in [6, 6.07) is 5.27. The van der Waals surface area contributed by atoms with Crippen LogP contribution in [0.5, 0.6) is 0 Å².